The van der Waals surface area contributed by atoms with Gasteiger partial charge in [0, 0.05) is 5.69 Å². The van der Waals surface area contributed by atoms with Crippen LogP contribution in [0.3, 0.4) is 0 Å². The number of rotatable bonds is 7. The molecule has 0 heterocycles. The summed E-state index contributed by atoms with van der Waals surface area (Å²) >= 11 is 0. The molecule has 2 aromatic rings. The maximum Gasteiger partial charge on any atom is 0.241 e. The standard InChI is InChI=1S/C20H24N2O4S/c1-2-26-18-10-8-17(9-11-18)22-20(23)14-21-27(24,25)19-12-7-15-5-3-4-6-16(15)13-19/h7-13,21H,2-6,14H2,1H3,(H,22,23). The molecule has 0 saturated heterocycles. The smallest absolute Gasteiger partial charge is 0.241 e. The van der Waals surface area contributed by atoms with Crippen molar-refractivity contribution in [2.24, 2.45) is 0 Å². The number of ether oxygens (including phenoxy) is 1. The van der Waals surface area contributed by atoms with Crippen LogP contribution in [0.4, 0.5) is 5.69 Å². The predicted octanol–water partition coefficient (Wildman–Crippen LogP) is 2.88. The van der Waals surface area contributed by atoms with Crippen LogP contribution < -0.4 is 14.8 Å². The van der Waals surface area contributed by atoms with Gasteiger partial charge in [-0.1, -0.05) is 6.07 Å². The fraction of sp³-hybridized carbons (Fsp3) is 0.350. The summed E-state index contributed by atoms with van der Waals surface area (Å²) < 4.78 is 32.7. The van der Waals surface area contributed by atoms with E-state index in [0.29, 0.717) is 18.0 Å². The molecule has 2 N–H and O–H groups in total. The number of fused-ring (bicyclic) bond motifs is 1. The van der Waals surface area contributed by atoms with E-state index < -0.39 is 15.9 Å². The van der Waals surface area contributed by atoms with Crippen molar-refractivity contribution in [1.29, 1.82) is 0 Å². The van der Waals surface area contributed by atoms with Crippen LogP contribution in [-0.2, 0) is 27.7 Å². The largest absolute Gasteiger partial charge is 0.494 e. The van der Waals surface area contributed by atoms with E-state index in [9.17, 15) is 13.2 Å². The molecule has 2 aromatic carbocycles. The number of benzene rings is 2. The van der Waals surface area contributed by atoms with Crippen molar-refractivity contribution in [1.82, 2.24) is 4.72 Å². The molecule has 1 aliphatic rings. The lowest BCUT2D eigenvalue weighted by molar-refractivity contribution is -0.115. The van der Waals surface area contributed by atoms with E-state index in [1.165, 1.54) is 5.56 Å². The molecule has 3 rings (SSSR count). The highest BCUT2D eigenvalue weighted by atomic mass is 32.2. The van der Waals surface area contributed by atoms with Gasteiger partial charge in [-0.25, -0.2) is 13.1 Å². The summed E-state index contributed by atoms with van der Waals surface area (Å²) in [6, 6.07) is 12.1. The highest BCUT2D eigenvalue weighted by molar-refractivity contribution is 7.89. The number of anilines is 1. The number of amides is 1. The van der Waals surface area contributed by atoms with Crippen LogP contribution >= 0.6 is 0 Å². The van der Waals surface area contributed by atoms with Crippen molar-refractivity contribution in [3.05, 3.63) is 53.6 Å². The third kappa shape index (κ3) is 5.08. The van der Waals surface area contributed by atoms with Crippen LogP contribution in [0.2, 0.25) is 0 Å². The van der Waals surface area contributed by atoms with Gasteiger partial charge in [-0.15, -0.1) is 0 Å². The first-order chi connectivity index (χ1) is 13.0. The van der Waals surface area contributed by atoms with Gasteiger partial charge in [0.1, 0.15) is 5.75 Å². The molecule has 144 valence electrons. The van der Waals surface area contributed by atoms with Crippen molar-refractivity contribution in [3.8, 4) is 5.75 Å². The van der Waals surface area contributed by atoms with Crippen LogP contribution in [0.5, 0.6) is 5.75 Å². The van der Waals surface area contributed by atoms with Crippen molar-refractivity contribution in [3.63, 3.8) is 0 Å². The fourth-order valence-corrected chi connectivity index (χ4v) is 4.16. The normalized spacial score (nSPS) is 13.7. The van der Waals surface area contributed by atoms with Crippen LogP contribution in [-0.4, -0.2) is 27.5 Å². The Balaban J connectivity index is 1.58. The Kier molecular flexibility index (Phi) is 6.13. The van der Waals surface area contributed by atoms with Gasteiger partial charge in [-0.3, -0.25) is 4.79 Å². The Bertz CT molecular complexity index is 908. The molecule has 0 unspecified atom stereocenters. The molecule has 0 bridgehead atoms. The molecule has 0 saturated carbocycles. The molecule has 7 heteroatoms. The molecule has 0 radical (unpaired) electrons. The van der Waals surface area contributed by atoms with Gasteiger partial charge < -0.3 is 10.1 Å². The maximum absolute atomic E-state index is 12.5. The Morgan fingerprint density at radius 1 is 1.04 bits per heavy atom. The van der Waals surface area contributed by atoms with Crippen LogP contribution in [0.1, 0.15) is 30.9 Å². The van der Waals surface area contributed by atoms with E-state index in [-0.39, 0.29) is 11.4 Å². The molecule has 0 spiro atoms. The molecule has 0 aromatic heterocycles. The predicted molar refractivity (Wildman–Crippen MR) is 105 cm³/mol. The van der Waals surface area contributed by atoms with E-state index in [1.54, 1.807) is 36.4 Å². The van der Waals surface area contributed by atoms with Crippen molar-refractivity contribution < 1.29 is 17.9 Å². The lowest BCUT2D eigenvalue weighted by Gasteiger charge is -2.16. The average molecular weight is 388 g/mol. The van der Waals surface area contributed by atoms with E-state index in [1.807, 2.05) is 13.0 Å². The summed E-state index contributed by atoms with van der Waals surface area (Å²) in [5.74, 6) is 0.282. The fourth-order valence-electron chi connectivity index (χ4n) is 3.13. The van der Waals surface area contributed by atoms with Crippen LogP contribution in [0.25, 0.3) is 0 Å². The third-order valence-electron chi connectivity index (χ3n) is 4.50. The molecular weight excluding hydrogens is 364 g/mol. The second-order valence-electron chi connectivity index (χ2n) is 6.47. The summed E-state index contributed by atoms with van der Waals surface area (Å²) in [6.07, 6.45) is 4.11. The quantitative estimate of drug-likeness (QED) is 0.764. The molecule has 27 heavy (non-hydrogen) atoms. The van der Waals surface area contributed by atoms with E-state index in [2.05, 4.69) is 10.0 Å². The first-order valence-electron chi connectivity index (χ1n) is 9.12. The molecule has 0 fully saturated rings. The first kappa shape index (κ1) is 19.4. The lowest BCUT2D eigenvalue weighted by Crippen LogP contribution is -2.33. The zero-order valence-electron chi connectivity index (χ0n) is 15.3. The summed E-state index contributed by atoms with van der Waals surface area (Å²) in [4.78, 5) is 12.3. The number of hydrogen-bond acceptors (Lipinski definition) is 4. The Morgan fingerprint density at radius 3 is 2.44 bits per heavy atom. The number of hydrogen-bond donors (Lipinski definition) is 2. The number of carbonyl (C=O) groups is 1. The minimum Gasteiger partial charge on any atom is -0.494 e. The monoisotopic (exact) mass is 388 g/mol. The van der Waals surface area contributed by atoms with Crippen LogP contribution in [0, 0.1) is 0 Å². The molecular formula is C20H24N2O4S. The first-order valence-corrected chi connectivity index (χ1v) is 10.6. The van der Waals surface area contributed by atoms with Crippen molar-refractivity contribution >= 4 is 21.6 Å². The Hall–Kier alpha value is -2.38. The zero-order valence-corrected chi connectivity index (χ0v) is 16.1. The number of nitrogens with one attached hydrogen (secondary N) is 2. The molecule has 1 aliphatic carbocycles. The second-order valence-corrected chi connectivity index (χ2v) is 8.23. The van der Waals surface area contributed by atoms with Gasteiger partial charge in [-0.2, -0.15) is 0 Å². The third-order valence-corrected chi connectivity index (χ3v) is 5.90. The summed E-state index contributed by atoms with van der Waals surface area (Å²) in [5, 5.41) is 2.66. The van der Waals surface area contributed by atoms with E-state index in [0.717, 1.165) is 31.2 Å². The average Bonchev–Trinajstić information content (AvgIpc) is 2.68. The van der Waals surface area contributed by atoms with Gasteiger partial charge in [0.2, 0.25) is 15.9 Å². The minimum absolute atomic E-state index is 0.206. The maximum atomic E-state index is 12.5. The van der Waals surface area contributed by atoms with Gasteiger partial charge in [0.25, 0.3) is 0 Å². The van der Waals surface area contributed by atoms with E-state index >= 15 is 0 Å². The molecule has 6 nitrogen and oxygen atoms in total. The van der Waals surface area contributed by atoms with Crippen molar-refractivity contribution in [2.75, 3.05) is 18.5 Å². The van der Waals surface area contributed by atoms with Gasteiger partial charge >= 0.3 is 0 Å². The van der Waals surface area contributed by atoms with Crippen LogP contribution in [0.15, 0.2) is 47.4 Å². The number of sulfonamides is 1. The summed E-state index contributed by atoms with van der Waals surface area (Å²) in [7, 11) is -3.73. The number of carbonyl (C=O) groups excluding carboxylic acids is 1. The Labute approximate surface area is 160 Å². The molecule has 0 atom stereocenters. The molecule has 1 amide bonds. The highest BCUT2D eigenvalue weighted by Gasteiger charge is 2.18. The van der Waals surface area contributed by atoms with Gasteiger partial charge in [-0.05, 0) is 80.1 Å². The second kappa shape index (κ2) is 8.54. The zero-order chi connectivity index (χ0) is 19.3. The van der Waals surface area contributed by atoms with Crippen molar-refractivity contribution in [2.45, 2.75) is 37.5 Å². The summed E-state index contributed by atoms with van der Waals surface area (Å²) in [5.41, 5.74) is 2.88. The number of aryl methyl sites for hydroxylation is 2. The van der Waals surface area contributed by atoms with E-state index in [4.69, 9.17) is 4.74 Å². The minimum atomic E-state index is -3.73. The Morgan fingerprint density at radius 2 is 1.74 bits per heavy atom. The van der Waals surface area contributed by atoms with Gasteiger partial charge in [0.15, 0.2) is 0 Å². The topological polar surface area (TPSA) is 84.5 Å². The molecule has 0 aliphatic heterocycles. The highest BCUT2D eigenvalue weighted by Crippen LogP contribution is 2.24. The summed E-state index contributed by atoms with van der Waals surface area (Å²) in [6.45, 7) is 2.13. The SMILES string of the molecule is CCOc1ccc(NC(=O)CNS(=O)(=O)c2ccc3c(c2)CCCC3)cc1. The van der Waals surface area contributed by atoms with Gasteiger partial charge in [0.05, 0.1) is 18.0 Å². The lowest BCUT2D eigenvalue weighted by atomic mass is 9.92.